The van der Waals surface area contributed by atoms with Crippen molar-refractivity contribution in [3.63, 3.8) is 0 Å². The summed E-state index contributed by atoms with van der Waals surface area (Å²) in [5.41, 5.74) is 0.856. The van der Waals surface area contributed by atoms with Gasteiger partial charge >= 0.3 is 12.0 Å². The van der Waals surface area contributed by atoms with E-state index in [9.17, 15) is 9.59 Å². The number of amides is 2. The number of aliphatic carboxylic acids is 1. The first-order chi connectivity index (χ1) is 9.43. The molecule has 1 aromatic rings. The number of hydrogen-bond acceptors (Lipinski definition) is 2. The molecular formula is C13H16Cl2N2O3. The summed E-state index contributed by atoms with van der Waals surface area (Å²) >= 11 is 11.8. The Morgan fingerprint density at radius 3 is 2.55 bits per heavy atom. The van der Waals surface area contributed by atoms with E-state index in [1.807, 2.05) is 6.92 Å². The van der Waals surface area contributed by atoms with Crippen molar-refractivity contribution in [3.8, 4) is 0 Å². The largest absolute Gasteiger partial charge is 0.481 e. The fourth-order valence-electron chi connectivity index (χ4n) is 1.57. The van der Waals surface area contributed by atoms with Gasteiger partial charge in [0.05, 0.1) is 16.5 Å². The van der Waals surface area contributed by atoms with Gasteiger partial charge in [-0.3, -0.25) is 4.79 Å². The molecule has 1 rings (SSSR count). The van der Waals surface area contributed by atoms with Gasteiger partial charge in [0.25, 0.3) is 0 Å². The molecular weight excluding hydrogens is 303 g/mol. The number of carbonyl (C=O) groups excluding carboxylic acids is 1. The summed E-state index contributed by atoms with van der Waals surface area (Å²) in [7, 11) is 0. The molecule has 0 radical (unpaired) electrons. The van der Waals surface area contributed by atoms with Crippen LogP contribution in [0.15, 0.2) is 18.2 Å². The Balaban J connectivity index is 2.59. The molecule has 7 heteroatoms. The molecule has 5 nitrogen and oxygen atoms in total. The Labute approximate surface area is 127 Å². The quantitative estimate of drug-likeness (QED) is 0.847. The van der Waals surface area contributed by atoms with Gasteiger partial charge in [-0.25, -0.2) is 4.79 Å². The fourth-order valence-corrected chi connectivity index (χ4v) is 1.89. The lowest BCUT2D eigenvalue weighted by Crippen LogP contribution is -2.40. The smallest absolute Gasteiger partial charge is 0.317 e. The highest BCUT2D eigenvalue weighted by Gasteiger charge is 2.12. The van der Waals surface area contributed by atoms with Crippen molar-refractivity contribution in [3.05, 3.63) is 33.8 Å². The highest BCUT2D eigenvalue weighted by molar-refractivity contribution is 6.42. The van der Waals surface area contributed by atoms with Crippen molar-refractivity contribution in [2.75, 3.05) is 13.1 Å². The minimum Gasteiger partial charge on any atom is -0.481 e. The van der Waals surface area contributed by atoms with E-state index in [1.165, 1.54) is 0 Å². The molecule has 110 valence electrons. The minimum absolute atomic E-state index is 0.101. The number of nitrogens with zero attached hydrogens (tertiary/aromatic N) is 1. The highest BCUT2D eigenvalue weighted by atomic mass is 35.5. The van der Waals surface area contributed by atoms with Crippen LogP contribution in [-0.2, 0) is 11.3 Å². The van der Waals surface area contributed by atoms with Gasteiger partial charge in [0.15, 0.2) is 0 Å². The van der Waals surface area contributed by atoms with Crippen LogP contribution in [0.2, 0.25) is 10.0 Å². The molecule has 20 heavy (non-hydrogen) atoms. The summed E-state index contributed by atoms with van der Waals surface area (Å²) in [5.74, 6) is -0.946. The molecule has 2 N–H and O–H groups in total. The third-order valence-corrected chi connectivity index (χ3v) is 3.38. The van der Waals surface area contributed by atoms with Gasteiger partial charge in [-0.05, 0) is 24.6 Å². The van der Waals surface area contributed by atoms with E-state index in [0.717, 1.165) is 5.56 Å². The van der Waals surface area contributed by atoms with Crippen LogP contribution >= 0.6 is 23.2 Å². The van der Waals surface area contributed by atoms with Crippen LogP contribution in [0.3, 0.4) is 0 Å². The van der Waals surface area contributed by atoms with Crippen molar-refractivity contribution >= 4 is 35.2 Å². The van der Waals surface area contributed by atoms with E-state index >= 15 is 0 Å². The van der Waals surface area contributed by atoms with E-state index in [2.05, 4.69) is 5.32 Å². The lowest BCUT2D eigenvalue weighted by molar-refractivity contribution is -0.136. The molecule has 0 unspecified atom stereocenters. The summed E-state index contributed by atoms with van der Waals surface area (Å²) in [5, 5.41) is 12.0. The molecule has 1 aromatic carbocycles. The molecule has 2 amide bonds. The molecule has 0 heterocycles. The molecule has 0 aliphatic heterocycles. The van der Waals surface area contributed by atoms with E-state index in [1.54, 1.807) is 23.1 Å². The Hall–Kier alpha value is -1.46. The van der Waals surface area contributed by atoms with Crippen LogP contribution in [0, 0.1) is 0 Å². The van der Waals surface area contributed by atoms with Crippen LogP contribution < -0.4 is 5.32 Å². The monoisotopic (exact) mass is 318 g/mol. The van der Waals surface area contributed by atoms with Crippen LogP contribution in [0.5, 0.6) is 0 Å². The van der Waals surface area contributed by atoms with E-state index in [-0.39, 0.29) is 19.0 Å². The number of urea groups is 1. The number of halogens is 2. The maximum Gasteiger partial charge on any atom is 0.317 e. The molecule has 0 aliphatic carbocycles. The number of carbonyl (C=O) groups is 2. The van der Waals surface area contributed by atoms with Crippen LogP contribution in [-0.4, -0.2) is 35.1 Å². The van der Waals surface area contributed by atoms with Gasteiger partial charge in [-0.15, -0.1) is 0 Å². The lowest BCUT2D eigenvalue weighted by Gasteiger charge is -2.21. The zero-order chi connectivity index (χ0) is 15.1. The van der Waals surface area contributed by atoms with Crippen molar-refractivity contribution < 1.29 is 14.7 Å². The maximum atomic E-state index is 11.9. The Bertz CT molecular complexity index is 495. The Morgan fingerprint density at radius 2 is 2.00 bits per heavy atom. The van der Waals surface area contributed by atoms with Gasteiger partial charge in [0.2, 0.25) is 0 Å². The molecule has 0 aliphatic rings. The number of benzene rings is 1. The van der Waals surface area contributed by atoms with Crippen molar-refractivity contribution in [2.45, 2.75) is 19.9 Å². The summed E-state index contributed by atoms with van der Waals surface area (Å²) in [6, 6.07) is 4.87. The molecule has 0 atom stereocenters. The lowest BCUT2D eigenvalue weighted by atomic mass is 10.2. The van der Waals surface area contributed by atoms with Crippen LogP contribution in [0.25, 0.3) is 0 Å². The number of rotatable bonds is 6. The topological polar surface area (TPSA) is 69.6 Å². The van der Waals surface area contributed by atoms with E-state index in [0.29, 0.717) is 23.1 Å². The first kappa shape index (κ1) is 16.6. The molecule has 0 spiro atoms. The predicted octanol–water partition coefficient (Wildman–Crippen LogP) is 3.00. The number of carboxylic acid groups (broad SMARTS) is 1. The third-order valence-electron chi connectivity index (χ3n) is 2.64. The number of carboxylic acids is 1. The van der Waals surface area contributed by atoms with E-state index in [4.69, 9.17) is 28.3 Å². The molecule has 0 aromatic heterocycles. The van der Waals surface area contributed by atoms with Gasteiger partial charge in [-0.1, -0.05) is 29.3 Å². The molecule has 0 saturated carbocycles. The normalized spacial score (nSPS) is 10.2. The first-order valence-corrected chi connectivity index (χ1v) is 6.88. The highest BCUT2D eigenvalue weighted by Crippen LogP contribution is 2.23. The molecule has 0 saturated heterocycles. The maximum absolute atomic E-state index is 11.9. The third kappa shape index (κ3) is 5.27. The Kier molecular flexibility index (Phi) is 6.61. The van der Waals surface area contributed by atoms with Crippen molar-refractivity contribution in [2.24, 2.45) is 0 Å². The Morgan fingerprint density at radius 1 is 1.30 bits per heavy atom. The van der Waals surface area contributed by atoms with Gasteiger partial charge in [0.1, 0.15) is 0 Å². The average Bonchev–Trinajstić information content (AvgIpc) is 2.39. The predicted molar refractivity (Wildman–Crippen MR) is 78.2 cm³/mol. The number of nitrogens with one attached hydrogen (secondary N) is 1. The van der Waals surface area contributed by atoms with Gasteiger partial charge in [0, 0.05) is 19.6 Å². The summed E-state index contributed by atoms with van der Waals surface area (Å²) in [6.07, 6.45) is -0.101. The fraction of sp³-hybridized carbons (Fsp3) is 0.385. The van der Waals surface area contributed by atoms with Crippen molar-refractivity contribution in [1.29, 1.82) is 0 Å². The molecule has 0 bridgehead atoms. The summed E-state index contributed by atoms with van der Waals surface area (Å²) < 4.78 is 0. The first-order valence-electron chi connectivity index (χ1n) is 6.12. The second-order valence-electron chi connectivity index (χ2n) is 4.14. The minimum atomic E-state index is -0.946. The zero-order valence-corrected chi connectivity index (χ0v) is 12.5. The zero-order valence-electron chi connectivity index (χ0n) is 11.0. The second-order valence-corrected chi connectivity index (χ2v) is 4.95. The van der Waals surface area contributed by atoms with Crippen LogP contribution in [0.4, 0.5) is 4.79 Å². The summed E-state index contributed by atoms with van der Waals surface area (Å²) in [6.45, 7) is 2.83. The number of hydrogen-bond donors (Lipinski definition) is 2. The van der Waals surface area contributed by atoms with Gasteiger partial charge < -0.3 is 15.3 Å². The standard InChI is InChI=1S/C13H16Cl2N2O3/c1-2-17(13(20)16-6-5-12(18)19)8-9-3-4-10(14)11(15)7-9/h3-4,7H,2,5-6,8H2,1H3,(H,16,20)(H,18,19). The van der Waals surface area contributed by atoms with Crippen molar-refractivity contribution in [1.82, 2.24) is 10.2 Å². The summed E-state index contributed by atoms with van der Waals surface area (Å²) in [4.78, 5) is 23.8. The van der Waals surface area contributed by atoms with Crippen LogP contribution in [0.1, 0.15) is 18.9 Å². The SMILES string of the molecule is CCN(Cc1ccc(Cl)c(Cl)c1)C(=O)NCCC(=O)O. The van der Waals surface area contributed by atoms with Gasteiger partial charge in [-0.2, -0.15) is 0 Å². The average molecular weight is 319 g/mol. The molecule has 0 fully saturated rings. The second kappa shape index (κ2) is 7.97. The van der Waals surface area contributed by atoms with E-state index < -0.39 is 5.97 Å².